The summed E-state index contributed by atoms with van der Waals surface area (Å²) in [5.74, 6) is 0. The van der Waals surface area contributed by atoms with Crippen molar-refractivity contribution in [2.45, 2.75) is 72.6 Å². The van der Waals surface area contributed by atoms with Gasteiger partial charge in [0.1, 0.15) is 0 Å². The van der Waals surface area contributed by atoms with Gasteiger partial charge < -0.3 is 0 Å². The second-order valence-electron chi connectivity index (χ2n) is 5.24. The number of unbranched alkanes of at least 4 members (excludes halogenated alkanes) is 3. The fourth-order valence-corrected chi connectivity index (χ4v) is 24.1. The van der Waals surface area contributed by atoms with Crippen molar-refractivity contribution in [3.05, 3.63) is 0 Å². The van der Waals surface area contributed by atoms with Crippen LogP contribution in [0.2, 0.25) is 13.3 Å². The van der Waals surface area contributed by atoms with Crippen molar-refractivity contribution < 1.29 is 0 Å². The Morgan fingerprint density at radius 1 is 0.750 bits per heavy atom. The number of hydrogen-bond acceptors (Lipinski definition) is 1. The van der Waals surface area contributed by atoms with Crippen molar-refractivity contribution in [1.29, 1.82) is 0 Å². The maximum absolute atomic E-state index is 2.36. The van der Waals surface area contributed by atoms with Crippen molar-refractivity contribution in [2.75, 3.05) is 10.0 Å². The first-order valence-corrected chi connectivity index (χ1v) is 16.7. The minimum absolute atomic E-state index is 1.41. The summed E-state index contributed by atoms with van der Waals surface area (Å²) in [6.07, 6.45) is 11.1. The van der Waals surface area contributed by atoms with Gasteiger partial charge >= 0.3 is 113 Å². The average Bonchev–Trinajstić information content (AvgIpc) is 2.31. The minimum atomic E-state index is -1.70. The molecule has 0 radical (unpaired) electrons. The third-order valence-corrected chi connectivity index (χ3v) is 24.4. The van der Waals surface area contributed by atoms with E-state index in [2.05, 4.69) is 38.8 Å². The second kappa shape index (κ2) is 11.3. The molecule has 0 aromatic rings. The Kier molecular flexibility index (Phi) is 12.1. The maximum atomic E-state index is 2.36. The van der Waals surface area contributed by atoms with Gasteiger partial charge in [-0.05, 0) is 0 Å². The van der Waals surface area contributed by atoms with Gasteiger partial charge in [-0.25, -0.2) is 0 Å². The van der Waals surface area contributed by atoms with Crippen molar-refractivity contribution in [3.8, 4) is 0 Å². The molecular formula is C14H32SSn. The SMILES string of the molecule is CCC[CH2][Sn]([CH2]CCC)([CH2]CCC)[CH2]SC. The molecule has 0 nitrogen and oxygen atoms in total. The summed E-state index contributed by atoms with van der Waals surface area (Å²) in [4.78, 5) is 0. The summed E-state index contributed by atoms with van der Waals surface area (Å²) in [7, 11) is 0. The predicted octanol–water partition coefficient (Wildman–Crippen LogP) is 5.74. The van der Waals surface area contributed by atoms with Crippen LogP contribution in [-0.4, -0.2) is 28.4 Å². The Bertz CT molecular complexity index is 126. The third kappa shape index (κ3) is 7.47. The van der Waals surface area contributed by atoms with Crippen LogP contribution in [0, 0.1) is 0 Å². The van der Waals surface area contributed by atoms with E-state index in [1.165, 1.54) is 38.5 Å². The van der Waals surface area contributed by atoms with E-state index in [1.807, 2.05) is 0 Å². The van der Waals surface area contributed by atoms with Crippen LogP contribution in [0.15, 0.2) is 0 Å². The third-order valence-electron chi connectivity index (χ3n) is 3.63. The van der Waals surface area contributed by atoms with Gasteiger partial charge in [-0.3, -0.25) is 0 Å². The molecule has 0 aromatic heterocycles. The van der Waals surface area contributed by atoms with Gasteiger partial charge in [0, 0.05) is 0 Å². The van der Waals surface area contributed by atoms with Crippen LogP contribution in [0.25, 0.3) is 0 Å². The Labute approximate surface area is 112 Å². The van der Waals surface area contributed by atoms with Crippen LogP contribution >= 0.6 is 11.8 Å². The van der Waals surface area contributed by atoms with Gasteiger partial charge in [0.15, 0.2) is 0 Å². The van der Waals surface area contributed by atoms with Gasteiger partial charge in [0.05, 0.1) is 0 Å². The van der Waals surface area contributed by atoms with Crippen LogP contribution in [0.3, 0.4) is 0 Å². The van der Waals surface area contributed by atoms with Crippen LogP contribution < -0.4 is 0 Å². The Balaban J connectivity index is 4.32. The van der Waals surface area contributed by atoms with Crippen molar-refractivity contribution in [2.24, 2.45) is 0 Å². The molecule has 0 fully saturated rings. The molecule has 0 aliphatic rings. The van der Waals surface area contributed by atoms with Gasteiger partial charge in [-0.15, -0.1) is 0 Å². The van der Waals surface area contributed by atoms with Gasteiger partial charge in [-0.2, -0.15) is 0 Å². The first-order chi connectivity index (χ1) is 7.74. The Morgan fingerprint density at radius 2 is 1.12 bits per heavy atom. The topological polar surface area (TPSA) is 0 Å². The Hall–Kier alpha value is 1.15. The van der Waals surface area contributed by atoms with E-state index in [0.717, 1.165) is 0 Å². The van der Waals surface area contributed by atoms with Gasteiger partial charge in [-0.1, -0.05) is 0 Å². The fraction of sp³-hybridized carbons (Fsp3) is 1.00. The van der Waals surface area contributed by atoms with Gasteiger partial charge in [0.25, 0.3) is 0 Å². The van der Waals surface area contributed by atoms with Crippen LogP contribution in [0.4, 0.5) is 0 Å². The number of rotatable bonds is 11. The molecule has 0 saturated carbocycles. The van der Waals surface area contributed by atoms with Crippen LogP contribution in [0.1, 0.15) is 59.3 Å². The normalized spacial score (nSPS) is 12.0. The molecule has 0 atom stereocenters. The molecule has 2 heteroatoms. The van der Waals surface area contributed by atoms with E-state index in [9.17, 15) is 0 Å². The molecule has 0 rings (SSSR count). The first kappa shape index (κ1) is 17.1. The van der Waals surface area contributed by atoms with E-state index in [1.54, 1.807) is 17.1 Å². The summed E-state index contributed by atoms with van der Waals surface area (Å²) in [6.45, 7) is 7.07. The zero-order chi connectivity index (χ0) is 12.3. The molecule has 0 unspecified atom stereocenters. The van der Waals surface area contributed by atoms with Crippen molar-refractivity contribution in [3.63, 3.8) is 0 Å². The molecule has 0 aromatic carbocycles. The second-order valence-corrected chi connectivity index (χ2v) is 21.4. The zero-order valence-electron chi connectivity index (χ0n) is 12.0. The van der Waals surface area contributed by atoms with E-state index in [-0.39, 0.29) is 0 Å². The zero-order valence-corrected chi connectivity index (χ0v) is 15.6. The average molecular weight is 351 g/mol. The first-order valence-electron chi connectivity index (χ1n) is 7.23. The molecule has 16 heavy (non-hydrogen) atoms. The standard InChI is InChI=1S/3C4H9.C2H5S.Sn/c3*1-3-4-2;1-3-2;/h3*1,3-4H2,2H3;1H2,2H3;. The summed E-state index contributed by atoms with van der Waals surface area (Å²) in [5.41, 5.74) is 0. The molecular weight excluding hydrogens is 319 g/mol. The fourth-order valence-electron chi connectivity index (χ4n) is 2.55. The van der Waals surface area contributed by atoms with Crippen molar-refractivity contribution in [1.82, 2.24) is 0 Å². The number of hydrogen-bond donors (Lipinski definition) is 0. The summed E-state index contributed by atoms with van der Waals surface area (Å²) in [5, 5.41) is 0. The molecule has 0 amide bonds. The summed E-state index contributed by atoms with van der Waals surface area (Å²) >= 11 is 0.457. The number of thioether (sulfide) groups is 1. The monoisotopic (exact) mass is 352 g/mol. The molecule has 98 valence electrons. The molecule has 0 spiro atoms. The van der Waals surface area contributed by atoms with E-state index >= 15 is 0 Å². The summed E-state index contributed by atoms with van der Waals surface area (Å²) < 4.78 is 6.61. The molecule has 0 aliphatic carbocycles. The molecule has 0 saturated heterocycles. The predicted molar refractivity (Wildman–Crippen MR) is 83.3 cm³/mol. The molecule has 0 bridgehead atoms. The molecule has 0 aliphatic heterocycles. The molecule has 0 N–H and O–H groups in total. The van der Waals surface area contributed by atoms with Crippen LogP contribution in [-0.2, 0) is 0 Å². The summed E-state index contributed by atoms with van der Waals surface area (Å²) in [6, 6.07) is 0. The van der Waals surface area contributed by atoms with Crippen LogP contribution in [0.5, 0.6) is 0 Å². The van der Waals surface area contributed by atoms with E-state index in [4.69, 9.17) is 0 Å². The van der Waals surface area contributed by atoms with Crippen molar-refractivity contribution >= 4 is 30.1 Å². The quantitative estimate of drug-likeness (QED) is 0.428. The Morgan fingerprint density at radius 3 is 1.38 bits per heavy atom. The van der Waals surface area contributed by atoms with E-state index < -0.39 is 18.4 Å². The van der Waals surface area contributed by atoms with Gasteiger partial charge in [0.2, 0.25) is 0 Å². The molecule has 0 heterocycles. The van der Waals surface area contributed by atoms with E-state index in [0.29, 0.717) is 0 Å².